The van der Waals surface area contributed by atoms with Crippen molar-refractivity contribution >= 4 is 28.5 Å². The molecular formula is C15H18ClN3. The van der Waals surface area contributed by atoms with Gasteiger partial charge in [-0.2, -0.15) is 0 Å². The van der Waals surface area contributed by atoms with Gasteiger partial charge in [-0.25, -0.2) is 9.97 Å². The first kappa shape index (κ1) is 12.7. The maximum absolute atomic E-state index is 5.80. The highest BCUT2D eigenvalue weighted by atomic mass is 35.5. The summed E-state index contributed by atoms with van der Waals surface area (Å²) in [6, 6.07) is 8.69. The molecule has 1 atom stereocenters. The molecule has 1 aromatic heterocycles. The predicted octanol–water partition coefficient (Wildman–Crippen LogP) is 3.62. The van der Waals surface area contributed by atoms with E-state index in [-0.39, 0.29) is 0 Å². The molecule has 0 bridgehead atoms. The Balaban J connectivity index is 1.86. The molecule has 2 aromatic rings. The number of hydrogen-bond donors (Lipinski definition) is 0. The zero-order valence-corrected chi connectivity index (χ0v) is 11.7. The van der Waals surface area contributed by atoms with E-state index < -0.39 is 0 Å². The molecule has 1 unspecified atom stereocenters. The molecule has 1 aliphatic rings. The Morgan fingerprint density at radius 1 is 1.32 bits per heavy atom. The van der Waals surface area contributed by atoms with E-state index in [9.17, 15) is 0 Å². The van der Waals surface area contributed by atoms with Crippen LogP contribution in [-0.4, -0.2) is 28.4 Å². The topological polar surface area (TPSA) is 29.0 Å². The number of fused-ring (bicyclic) bond motifs is 1. The van der Waals surface area contributed by atoms with Gasteiger partial charge in [0.1, 0.15) is 0 Å². The second-order valence-electron chi connectivity index (χ2n) is 5.05. The monoisotopic (exact) mass is 275 g/mol. The third kappa shape index (κ3) is 2.66. The van der Waals surface area contributed by atoms with Crippen LogP contribution in [0.15, 0.2) is 30.5 Å². The predicted molar refractivity (Wildman–Crippen MR) is 79.9 cm³/mol. The van der Waals surface area contributed by atoms with Crippen molar-refractivity contribution in [3.63, 3.8) is 0 Å². The summed E-state index contributed by atoms with van der Waals surface area (Å²) in [7, 11) is 0. The van der Waals surface area contributed by atoms with Crippen molar-refractivity contribution in [1.29, 1.82) is 0 Å². The van der Waals surface area contributed by atoms with Gasteiger partial charge in [0.05, 0.1) is 5.52 Å². The highest BCUT2D eigenvalue weighted by Gasteiger charge is 2.26. The number of anilines is 1. The molecule has 1 aliphatic heterocycles. The summed E-state index contributed by atoms with van der Waals surface area (Å²) in [5, 5.41) is 1.10. The molecular weight excluding hydrogens is 258 g/mol. The van der Waals surface area contributed by atoms with E-state index in [0.717, 1.165) is 42.1 Å². The van der Waals surface area contributed by atoms with Crippen LogP contribution in [0.5, 0.6) is 0 Å². The molecule has 1 aromatic carbocycles. The Morgan fingerprint density at radius 2 is 2.21 bits per heavy atom. The average molecular weight is 276 g/mol. The lowest BCUT2D eigenvalue weighted by atomic mass is 10.1. The van der Waals surface area contributed by atoms with Gasteiger partial charge in [-0.05, 0) is 31.7 Å². The fourth-order valence-electron chi connectivity index (χ4n) is 2.81. The first-order chi connectivity index (χ1) is 9.38. The van der Waals surface area contributed by atoms with Crippen LogP contribution in [0.3, 0.4) is 0 Å². The molecule has 3 rings (SSSR count). The van der Waals surface area contributed by atoms with E-state index in [1.54, 1.807) is 0 Å². The van der Waals surface area contributed by atoms with Gasteiger partial charge in [-0.15, -0.1) is 11.6 Å². The van der Waals surface area contributed by atoms with Crippen molar-refractivity contribution in [2.75, 3.05) is 17.3 Å². The Labute approximate surface area is 118 Å². The smallest absolute Gasteiger partial charge is 0.226 e. The van der Waals surface area contributed by atoms with E-state index in [2.05, 4.69) is 9.88 Å². The Bertz CT molecular complexity index is 558. The molecule has 1 saturated heterocycles. The zero-order valence-electron chi connectivity index (χ0n) is 10.9. The highest BCUT2D eigenvalue weighted by Crippen LogP contribution is 2.26. The third-order valence-corrected chi connectivity index (χ3v) is 4.05. The summed E-state index contributed by atoms with van der Waals surface area (Å²) in [5.41, 5.74) is 1.02. The molecule has 0 radical (unpaired) electrons. The molecule has 4 heteroatoms. The van der Waals surface area contributed by atoms with Crippen LogP contribution in [0.25, 0.3) is 10.9 Å². The Kier molecular flexibility index (Phi) is 3.83. The van der Waals surface area contributed by atoms with Gasteiger partial charge in [-0.3, -0.25) is 0 Å². The van der Waals surface area contributed by atoms with Crippen molar-refractivity contribution < 1.29 is 0 Å². The van der Waals surface area contributed by atoms with E-state index in [4.69, 9.17) is 16.6 Å². The summed E-state index contributed by atoms with van der Waals surface area (Å²) in [6.07, 6.45) is 6.58. The van der Waals surface area contributed by atoms with Crippen LogP contribution in [0.1, 0.15) is 25.7 Å². The van der Waals surface area contributed by atoms with Crippen LogP contribution < -0.4 is 4.90 Å². The Morgan fingerprint density at radius 3 is 3.11 bits per heavy atom. The third-order valence-electron chi connectivity index (χ3n) is 3.78. The minimum atomic E-state index is 0.555. The zero-order chi connectivity index (χ0) is 13.1. The van der Waals surface area contributed by atoms with Crippen LogP contribution >= 0.6 is 11.6 Å². The van der Waals surface area contributed by atoms with Gasteiger partial charge in [-0.1, -0.05) is 18.2 Å². The number of halogens is 1. The largest absolute Gasteiger partial charge is 0.338 e. The van der Waals surface area contributed by atoms with E-state index in [1.807, 2.05) is 30.5 Å². The van der Waals surface area contributed by atoms with Gasteiger partial charge in [0.15, 0.2) is 0 Å². The maximum Gasteiger partial charge on any atom is 0.226 e. The fourth-order valence-corrected chi connectivity index (χ4v) is 2.97. The first-order valence-corrected chi connectivity index (χ1v) is 7.46. The summed E-state index contributed by atoms with van der Waals surface area (Å²) >= 11 is 5.80. The number of nitrogens with zero attached hydrogens (tertiary/aromatic N) is 3. The Hall–Kier alpha value is -1.35. The van der Waals surface area contributed by atoms with Crippen LogP contribution in [0.2, 0.25) is 0 Å². The first-order valence-electron chi connectivity index (χ1n) is 6.93. The van der Waals surface area contributed by atoms with Crippen LogP contribution in [0, 0.1) is 0 Å². The number of hydrogen-bond acceptors (Lipinski definition) is 3. The average Bonchev–Trinajstić information content (AvgIpc) is 2.93. The molecule has 2 heterocycles. The second kappa shape index (κ2) is 5.74. The second-order valence-corrected chi connectivity index (χ2v) is 5.43. The molecule has 0 spiro atoms. The maximum atomic E-state index is 5.80. The van der Waals surface area contributed by atoms with Crippen molar-refractivity contribution in [2.45, 2.75) is 31.7 Å². The van der Waals surface area contributed by atoms with Gasteiger partial charge >= 0.3 is 0 Å². The molecule has 0 amide bonds. The lowest BCUT2D eigenvalue weighted by Gasteiger charge is -2.24. The summed E-state index contributed by atoms with van der Waals surface area (Å²) in [5.74, 6) is 1.61. The lowest BCUT2D eigenvalue weighted by molar-refractivity contribution is 0.594. The molecule has 100 valence electrons. The SMILES string of the molecule is ClCCCC1CCCN1c1ncc2ccccc2n1. The summed E-state index contributed by atoms with van der Waals surface area (Å²) in [6.45, 7) is 1.06. The number of benzene rings is 1. The van der Waals surface area contributed by atoms with Gasteiger partial charge < -0.3 is 4.90 Å². The van der Waals surface area contributed by atoms with Crippen molar-refractivity contribution in [1.82, 2.24) is 9.97 Å². The van der Waals surface area contributed by atoms with Crippen molar-refractivity contribution in [3.8, 4) is 0 Å². The van der Waals surface area contributed by atoms with Gasteiger partial charge in [0.2, 0.25) is 5.95 Å². The number of alkyl halides is 1. The molecule has 3 nitrogen and oxygen atoms in total. The van der Waals surface area contributed by atoms with Gasteiger partial charge in [0.25, 0.3) is 0 Å². The summed E-state index contributed by atoms with van der Waals surface area (Å²) in [4.78, 5) is 11.6. The fraction of sp³-hybridized carbons (Fsp3) is 0.467. The number of rotatable bonds is 4. The van der Waals surface area contributed by atoms with E-state index in [0.29, 0.717) is 6.04 Å². The quantitative estimate of drug-likeness (QED) is 0.798. The van der Waals surface area contributed by atoms with Crippen LogP contribution in [-0.2, 0) is 0 Å². The normalized spacial score (nSPS) is 19.2. The molecule has 1 fully saturated rings. The van der Waals surface area contributed by atoms with E-state index in [1.165, 1.54) is 12.8 Å². The molecule has 0 aliphatic carbocycles. The van der Waals surface area contributed by atoms with Gasteiger partial charge in [0, 0.05) is 30.0 Å². The van der Waals surface area contributed by atoms with Crippen molar-refractivity contribution in [3.05, 3.63) is 30.5 Å². The number of aromatic nitrogens is 2. The highest BCUT2D eigenvalue weighted by molar-refractivity contribution is 6.17. The number of para-hydroxylation sites is 1. The minimum absolute atomic E-state index is 0.555. The lowest BCUT2D eigenvalue weighted by Crippen LogP contribution is -2.30. The molecule has 19 heavy (non-hydrogen) atoms. The standard InChI is InChI=1S/C15H18ClN3/c16-9-3-6-13-7-4-10-19(13)15-17-11-12-5-1-2-8-14(12)18-15/h1-2,5,8,11,13H,3-4,6-7,9-10H2. The van der Waals surface area contributed by atoms with Crippen molar-refractivity contribution in [2.24, 2.45) is 0 Å². The minimum Gasteiger partial charge on any atom is -0.338 e. The van der Waals surface area contributed by atoms with Crippen LogP contribution in [0.4, 0.5) is 5.95 Å². The van der Waals surface area contributed by atoms with E-state index >= 15 is 0 Å². The summed E-state index contributed by atoms with van der Waals surface area (Å²) < 4.78 is 0. The molecule has 0 N–H and O–H groups in total. The molecule has 0 saturated carbocycles.